The monoisotopic (exact) mass is 274 g/mol. The lowest BCUT2D eigenvalue weighted by atomic mass is 10.1. The Kier molecular flexibility index (Phi) is 5.59. The molecule has 1 unspecified atom stereocenters. The van der Waals surface area contributed by atoms with Crippen LogP contribution in [0.2, 0.25) is 24.3 Å². The van der Waals surface area contributed by atoms with Gasteiger partial charge >= 0.3 is 8.56 Å². The van der Waals surface area contributed by atoms with E-state index in [0.717, 1.165) is 18.5 Å². The summed E-state index contributed by atoms with van der Waals surface area (Å²) in [7, 11) is 1.68. The van der Waals surface area contributed by atoms with Crippen molar-refractivity contribution in [3.63, 3.8) is 0 Å². The molecule has 0 saturated heterocycles. The lowest BCUT2D eigenvalue weighted by Crippen LogP contribution is -2.52. The van der Waals surface area contributed by atoms with E-state index in [1.54, 1.807) is 0 Å². The van der Waals surface area contributed by atoms with E-state index in [1.807, 2.05) is 21.3 Å². The molecule has 1 rings (SSSR count). The van der Waals surface area contributed by atoms with Gasteiger partial charge in [-0.1, -0.05) is 12.2 Å². The first kappa shape index (κ1) is 15.1. The third kappa shape index (κ3) is 3.76. The number of hydrogen-bond donors (Lipinski definition) is 0. The Morgan fingerprint density at radius 3 is 2.12 bits per heavy atom. The quantitative estimate of drug-likeness (QED) is 0.550. The van der Waals surface area contributed by atoms with Gasteiger partial charge in [0.25, 0.3) is 0 Å². The highest BCUT2D eigenvalue weighted by molar-refractivity contribution is 6.88. The third-order valence-electron chi connectivity index (χ3n) is 3.81. The lowest BCUT2D eigenvalue weighted by molar-refractivity contribution is 0.227. The van der Waals surface area contributed by atoms with Gasteiger partial charge in [0.15, 0.2) is 8.32 Å². The van der Waals surface area contributed by atoms with E-state index in [1.165, 1.54) is 6.42 Å². The number of allylic oxidation sites excluding steroid dienone is 2. The fourth-order valence-electron chi connectivity index (χ4n) is 2.56. The molecule has 0 fully saturated rings. The number of hydrogen-bond acceptors (Lipinski definition) is 3. The molecule has 17 heavy (non-hydrogen) atoms. The van der Waals surface area contributed by atoms with Crippen LogP contribution in [-0.2, 0) is 13.3 Å². The topological polar surface area (TPSA) is 27.7 Å². The summed E-state index contributed by atoms with van der Waals surface area (Å²) in [6.45, 7) is 4.48. The Labute approximate surface area is 108 Å². The second-order valence-electron chi connectivity index (χ2n) is 5.34. The molecule has 100 valence electrons. The van der Waals surface area contributed by atoms with Gasteiger partial charge in [-0.2, -0.15) is 0 Å². The van der Waals surface area contributed by atoms with E-state index in [4.69, 9.17) is 13.3 Å². The largest absolute Gasteiger partial charge is 0.421 e. The Morgan fingerprint density at radius 1 is 1.06 bits per heavy atom. The van der Waals surface area contributed by atoms with Crippen molar-refractivity contribution in [2.75, 3.05) is 21.3 Å². The normalized spacial score (nSPS) is 21.8. The molecule has 0 bridgehead atoms. The molecule has 3 nitrogen and oxygen atoms in total. The SMILES string of the molecule is CO[Si](C)(C)C[Si](OC)(OC)C1CC=CCC1. The predicted molar refractivity (Wildman–Crippen MR) is 75.8 cm³/mol. The smallest absolute Gasteiger partial charge is 0.340 e. The van der Waals surface area contributed by atoms with Crippen LogP contribution >= 0.6 is 0 Å². The van der Waals surface area contributed by atoms with Gasteiger partial charge in [-0.15, -0.1) is 0 Å². The highest BCUT2D eigenvalue weighted by atomic mass is 28.4. The zero-order chi connectivity index (χ0) is 12.9. The molecule has 0 amide bonds. The van der Waals surface area contributed by atoms with Crippen LogP contribution in [0.4, 0.5) is 0 Å². The van der Waals surface area contributed by atoms with Crippen molar-refractivity contribution in [2.24, 2.45) is 0 Å². The summed E-state index contributed by atoms with van der Waals surface area (Å²) in [5.74, 6) is 0. The van der Waals surface area contributed by atoms with Gasteiger partial charge in [0.05, 0.1) is 0 Å². The van der Waals surface area contributed by atoms with Crippen LogP contribution in [0.15, 0.2) is 12.2 Å². The molecule has 0 heterocycles. The highest BCUT2D eigenvalue weighted by Crippen LogP contribution is 2.39. The second-order valence-corrected chi connectivity index (χ2v) is 13.9. The summed E-state index contributed by atoms with van der Waals surface area (Å²) in [4.78, 5) is 0. The van der Waals surface area contributed by atoms with E-state index in [9.17, 15) is 0 Å². The van der Waals surface area contributed by atoms with Crippen molar-refractivity contribution in [3.8, 4) is 0 Å². The van der Waals surface area contributed by atoms with Gasteiger partial charge in [-0.3, -0.25) is 0 Å². The summed E-state index contributed by atoms with van der Waals surface area (Å²) < 4.78 is 17.5. The first-order valence-corrected chi connectivity index (χ1v) is 11.5. The van der Waals surface area contributed by atoms with E-state index >= 15 is 0 Å². The molecular weight excluding hydrogens is 248 g/mol. The molecule has 0 saturated carbocycles. The molecule has 1 aliphatic rings. The van der Waals surface area contributed by atoms with Gasteiger partial charge in [-0.05, 0) is 32.4 Å². The molecule has 0 radical (unpaired) electrons. The van der Waals surface area contributed by atoms with Crippen LogP contribution in [0.3, 0.4) is 0 Å². The van der Waals surface area contributed by atoms with Gasteiger partial charge in [-0.25, -0.2) is 0 Å². The minimum Gasteiger partial charge on any atom is -0.421 e. The minimum atomic E-state index is -2.11. The Morgan fingerprint density at radius 2 is 1.71 bits per heavy atom. The van der Waals surface area contributed by atoms with Crippen molar-refractivity contribution in [1.29, 1.82) is 0 Å². The van der Waals surface area contributed by atoms with E-state index in [0.29, 0.717) is 5.54 Å². The molecular formula is C12H26O3Si2. The Hall–Kier alpha value is 0.0538. The van der Waals surface area contributed by atoms with Gasteiger partial charge < -0.3 is 13.3 Å². The highest BCUT2D eigenvalue weighted by Gasteiger charge is 2.48. The van der Waals surface area contributed by atoms with Crippen molar-refractivity contribution in [1.82, 2.24) is 0 Å². The fourth-order valence-corrected chi connectivity index (χ4v) is 12.1. The molecule has 0 aliphatic heterocycles. The summed E-state index contributed by atoms with van der Waals surface area (Å²) in [6, 6.07) is 0. The fraction of sp³-hybridized carbons (Fsp3) is 0.833. The van der Waals surface area contributed by atoms with Crippen LogP contribution in [0.5, 0.6) is 0 Å². The maximum atomic E-state index is 5.90. The molecule has 1 aliphatic carbocycles. The Balaban J connectivity index is 2.84. The van der Waals surface area contributed by atoms with Crippen LogP contribution in [0.25, 0.3) is 0 Å². The Bertz CT molecular complexity index is 262. The zero-order valence-electron chi connectivity index (χ0n) is 11.8. The third-order valence-corrected chi connectivity index (χ3v) is 13.4. The zero-order valence-corrected chi connectivity index (χ0v) is 13.8. The molecule has 0 N–H and O–H groups in total. The van der Waals surface area contributed by atoms with E-state index < -0.39 is 16.9 Å². The molecule has 0 spiro atoms. The van der Waals surface area contributed by atoms with E-state index in [2.05, 4.69) is 25.2 Å². The summed E-state index contributed by atoms with van der Waals surface area (Å²) in [6.07, 6.45) is 7.98. The molecule has 5 heteroatoms. The molecule has 1 atom stereocenters. The maximum Gasteiger partial charge on any atom is 0.340 e. The van der Waals surface area contributed by atoms with Crippen LogP contribution in [0, 0.1) is 0 Å². The van der Waals surface area contributed by atoms with E-state index in [-0.39, 0.29) is 0 Å². The first-order chi connectivity index (χ1) is 7.99. The summed E-state index contributed by atoms with van der Waals surface area (Å²) in [5, 5.41) is 0. The van der Waals surface area contributed by atoms with Crippen LogP contribution < -0.4 is 0 Å². The average Bonchev–Trinajstić information content (AvgIpc) is 2.37. The summed E-state index contributed by atoms with van der Waals surface area (Å²) in [5.41, 5.74) is 1.59. The van der Waals surface area contributed by atoms with Crippen molar-refractivity contribution in [3.05, 3.63) is 12.2 Å². The first-order valence-electron chi connectivity index (χ1n) is 6.30. The second kappa shape index (κ2) is 6.29. The van der Waals surface area contributed by atoms with Crippen molar-refractivity contribution in [2.45, 2.75) is 43.6 Å². The summed E-state index contributed by atoms with van der Waals surface area (Å²) >= 11 is 0. The number of rotatable bonds is 6. The predicted octanol–water partition coefficient (Wildman–Crippen LogP) is 3.22. The average molecular weight is 275 g/mol. The lowest BCUT2D eigenvalue weighted by Gasteiger charge is -2.39. The minimum absolute atomic E-state index is 0.574. The van der Waals surface area contributed by atoms with Crippen molar-refractivity contribution < 1.29 is 13.3 Å². The molecule has 0 aromatic rings. The molecule has 0 aromatic heterocycles. The van der Waals surface area contributed by atoms with Gasteiger partial charge in [0.2, 0.25) is 0 Å². The van der Waals surface area contributed by atoms with Gasteiger partial charge in [0.1, 0.15) is 0 Å². The molecule has 0 aromatic carbocycles. The van der Waals surface area contributed by atoms with Gasteiger partial charge in [0, 0.05) is 32.5 Å². The van der Waals surface area contributed by atoms with Crippen LogP contribution in [0.1, 0.15) is 19.3 Å². The van der Waals surface area contributed by atoms with Crippen molar-refractivity contribution >= 4 is 16.9 Å². The standard InChI is InChI=1S/C12H26O3Si2/c1-13-16(4,5)11-17(14-2,15-3)12-9-7-6-8-10-12/h6-7,12H,8-11H2,1-5H3. The van der Waals surface area contributed by atoms with Crippen LogP contribution in [-0.4, -0.2) is 38.2 Å². The maximum absolute atomic E-state index is 5.90.